The molecule has 0 aliphatic carbocycles. The summed E-state index contributed by atoms with van der Waals surface area (Å²) in [5, 5.41) is 0.241. The Morgan fingerprint density at radius 3 is 2.17 bits per heavy atom. The van der Waals surface area contributed by atoms with Crippen LogP contribution in [0.25, 0.3) is 0 Å². The first kappa shape index (κ1) is 23.4. The fourth-order valence-electron chi connectivity index (χ4n) is 2.72. The van der Waals surface area contributed by atoms with Crippen molar-refractivity contribution < 1.29 is 14.0 Å². The average Bonchev–Trinajstić information content (AvgIpc) is 2.35. The van der Waals surface area contributed by atoms with Crippen molar-refractivity contribution in [3.05, 3.63) is 11.6 Å². The first-order chi connectivity index (χ1) is 10.8. The van der Waals surface area contributed by atoms with Crippen molar-refractivity contribution in [2.24, 2.45) is 11.8 Å². The third-order valence-corrected chi connectivity index (χ3v) is 9.50. The van der Waals surface area contributed by atoms with Crippen LogP contribution in [0.2, 0.25) is 18.1 Å². The SMILES string of the molecule is CCOC(=O)[C@H](C)C/C(C)=C/[C@H](C)C[C@H](C)O[Si](C)(C)C(C)(C)C. The predicted octanol–water partition coefficient (Wildman–Crippen LogP) is 5.96. The summed E-state index contributed by atoms with van der Waals surface area (Å²) in [5.41, 5.74) is 1.25. The Labute approximate surface area is 151 Å². The third-order valence-electron chi connectivity index (χ3n) is 4.89. The molecule has 0 radical (unpaired) electrons. The fourth-order valence-corrected chi connectivity index (χ4v) is 4.18. The van der Waals surface area contributed by atoms with Crippen molar-refractivity contribution in [2.75, 3.05) is 6.61 Å². The summed E-state index contributed by atoms with van der Waals surface area (Å²) in [6.45, 7) is 22.2. The van der Waals surface area contributed by atoms with E-state index < -0.39 is 8.32 Å². The molecule has 0 heterocycles. The quantitative estimate of drug-likeness (QED) is 0.290. The summed E-state index contributed by atoms with van der Waals surface area (Å²) < 4.78 is 11.5. The largest absolute Gasteiger partial charge is 0.466 e. The molecular formula is C20H40O3Si. The van der Waals surface area contributed by atoms with Gasteiger partial charge in [0.15, 0.2) is 8.32 Å². The van der Waals surface area contributed by atoms with Crippen LogP contribution in [0.15, 0.2) is 11.6 Å². The van der Waals surface area contributed by atoms with Gasteiger partial charge in [0.05, 0.1) is 12.5 Å². The lowest BCUT2D eigenvalue weighted by atomic mass is 9.96. The van der Waals surface area contributed by atoms with E-state index in [0.717, 1.165) is 12.8 Å². The second-order valence-electron chi connectivity index (χ2n) is 8.77. The predicted molar refractivity (Wildman–Crippen MR) is 106 cm³/mol. The molecule has 0 aromatic heterocycles. The number of carbonyl (C=O) groups excluding carboxylic acids is 1. The van der Waals surface area contributed by atoms with E-state index in [4.69, 9.17) is 9.16 Å². The van der Waals surface area contributed by atoms with E-state index in [1.807, 2.05) is 13.8 Å². The third kappa shape index (κ3) is 8.47. The molecule has 0 N–H and O–H groups in total. The first-order valence-corrected chi connectivity index (χ1v) is 12.2. The number of rotatable bonds is 9. The van der Waals surface area contributed by atoms with Gasteiger partial charge >= 0.3 is 5.97 Å². The van der Waals surface area contributed by atoms with Crippen LogP contribution in [-0.4, -0.2) is 27.0 Å². The lowest BCUT2D eigenvalue weighted by Gasteiger charge is -2.38. The van der Waals surface area contributed by atoms with Crippen LogP contribution in [0, 0.1) is 11.8 Å². The highest BCUT2D eigenvalue weighted by atomic mass is 28.4. The highest BCUT2D eigenvalue weighted by molar-refractivity contribution is 6.74. The molecule has 3 atom stereocenters. The summed E-state index contributed by atoms with van der Waals surface area (Å²) in [6, 6.07) is 0. The minimum Gasteiger partial charge on any atom is -0.466 e. The summed E-state index contributed by atoms with van der Waals surface area (Å²) >= 11 is 0. The topological polar surface area (TPSA) is 35.5 Å². The lowest BCUT2D eigenvalue weighted by molar-refractivity contribution is -0.147. The van der Waals surface area contributed by atoms with E-state index in [1.165, 1.54) is 5.57 Å². The monoisotopic (exact) mass is 356 g/mol. The molecule has 0 aromatic carbocycles. The average molecular weight is 357 g/mol. The van der Waals surface area contributed by atoms with Crippen molar-refractivity contribution in [3.8, 4) is 0 Å². The number of hydrogen-bond donors (Lipinski definition) is 0. The van der Waals surface area contributed by atoms with Gasteiger partial charge in [-0.05, 0) is 57.7 Å². The zero-order valence-corrected chi connectivity index (χ0v) is 18.7. The van der Waals surface area contributed by atoms with Crippen molar-refractivity contribution in [3.63, 3.8) is 0 Å². The molecule has 0 unspecified atom stereocenters. The molecule has 4 heteroatoms. The number of ether oxygens (including phenoxy) is 1. The minimum atomic E-state index is -1.71. The Morgan fingerprint density at radius 1 is 1.17 bits per heavy atom. The van der Waals surface area contributed by atoms with Gasteiger partial charge in [-0.25, -0.2) is 0 Å². The van der Waals surface area contributed by atoms with E-state index in [0.29, 0.717) is 12.5 Å². The van der Waals surface area contributed by atoms with E-state index in [-0.39, 0.29) is 23.0 Å². The van der Waals surface area contributed by atoms with Crippen molar-refractivity contribution >= 4 is 14.3 Å². The van der Waals surface area contributed by atoms with Crippen molar-refractivity contribution in [1.29, 1.82) is 0 Å². The van der Waals surface area contributed by atoms with Crippen LogP contribution in [-0.2, 0) is 14.0 Å². The molecule has 0 spiro atoms. The summed E-state index contributed by atoms with van der Waals surface area (Å²) in [7, 11) is -1.71. The van der Waals surface area contributed by atoms with Crippen molar-refractivity contribution in [1.82, 2.24) is 0 Å². The van der Waals surface area contributed by atoms with Gasteiger partial charge in [-0.2, -0.15) is 0 Å². The van der Waals surface area contributed by atoms with Crippen molar-refractivity contribution in [2.45, 2.75) is 92.5 Å². The van der Waals surface area contributed by atoms with Gasteiger partial charge in [-0.15, -0.1) is 0 Å². The Hall–Kier alpha value is -0.613. The summed E-state index contributed by atoms with van der Waals surface area (Å²) in [6.07, 6.45) is 4.31. The Morgan fingerprint density at radius 2 is 1.71 bits per heavy atom. The first-order valence-electron chi connectivity index (χ1n) is 9.31. The second-order valence-corrected chi connectivity index (χ2v) is 13.5. The molecule has 142 valence electrons. The zero-order chi connectivity index (χ0) is 19.1. The molecule has 24 heavy (non-hydrogen) atoms. The fraction of sp³-hybridized carbons (Fsp3) is 0.850. The standard InChI is InChI=1S/C20H40O3Si/c1-11-22-19(21)17(4)13-15(2)12-16(3)14-18(5)23-24(9,10)20(6,7)8/h12,16-18H,11,13-14H2,1-10H3/b15-12+/t16-,17+,18-/m0/s1. The van der Waals surface area contributed by atoms with Crippen LogP contribution in [0.1, 0.15) is 68.2 Å². The van der Waals surface area contributed by atoms with Gasteiger partial charge in [-0.1, -0.05) is 46.3 Å². The van der Waals surface area contributed by atoms with Crippen LogP contribution < -0.4 is 0 Å². The summed E-state index contributed by atoms with van der Waals surface area (Å²) in [5.74, 6) is 0.265. The minimum absolute atomic E-state index is 0.0747. The van der Waals surface area contributed by atoms with Gasteiger partial charge in [0.1, 0.15) is 0 Å². The maximum absolute atomic E-state index is 11.7. The molecule has 3 nitrogen and oxygen atoms in total. The van der Waals surface area contributed by atoms with Crippen LogP contribution in [0.3, 0.4) is 0 Å². The Balaban J connectivity index is 4.55. The van der Waals surface area contributed by atoms with Gasteiger partial charge in [0.25, 0.3) is 0 Å². The molecule has 0 bridgehead atoms. The molecule has 0 saturated carbocycles. The van der Waals surface area contributed by atoms with E-state index in [9.17, 15) is 4.79 Å². The van der Waals surface area contributed by atoms with Gasteiger partial charge < -0.3 is 9.16 Å². The van der Waals surface area contributed by atoms with Crippen LogP contribution >= 0.6 is 0 Å². The molecule has 0 aliphatic heterocycles. The highest BCUT2D eigenvalue weighted by Gasteiger charge is 2.38. The molecule has 0 saturated heterocycles. The second kappa shape index (κ2) is 9.76. The number of esters is 1. The maximum Gasteiger partial charge on any atom is 0.308 e. The molecule has 0 aliphatic rings. The van der Waals surface area contributed by atoms with E-state index in [1.54, 1.807) is 0 Å². The smallest absolute Gasteiger partial charge is 0.308 e. The summed E-state index contributed by atoms with van der Waals surface area (Å²) in [4.78, 5) is 11.7. The van der Waals surface area contributed by atoms with Crippen LogP contribution in [0.5, 0.6) is 0 Å². The Bertz CT molecular complexity index is 421. The molecule has 0 amide bonds. The molecule has 0 aromatic rings. The van der Waals surface area contributed by atoms with E-state index in [2.05, 4.69) is 60.7 Å². The van der Waals surface area contributed by atoms with Gasteiger partial charge in [0.2, 0.25) is 0 Å². The molecule has 0 rings (SSSR count). The maximum atomic E-state index is 11.7. The zero-order valence-electron chi connectivity index (χ0n) is 17.7. The number of allylic oxidation sites excluding steroid dienone is 2. The lowest BCUT2D eigenvalue weighted by Crippen LogP contribution is -2.43. The van der Waals surface area contributed by atoms with Gasteiger partial charge in [-0.3, -0.25) is 4.79 Å². The van der Waals surface area contributed by atoms with E-state index >= 15 is 0 Å². The molecule has 0 fully saturated rings. The number of carbonyl (C=O) groups is 1. The molecular weight excluding hydrogens is 316 g/mol. The highest BCUT2D eigenvalue weighted by Crippen LogP contribution is 2.37. The van der Waals surface area contributed by atoms with Gasteiger partial charge in [0, 0.05) is 6.10 Å². The Kier molecular flexibility index (Phi) is 9.51. The van der Waals surface area contributed by atoms with Crippen LogP contribution in [0.4, 0.5) is 0 Å². The normalized spacial score (nSPS) is 17.3. The number of hydrogen-bond acceptors (Lipinski definition) is 3.